The molecule has 0 fully saturated rings. The molecule has 0 saturated heterocycles. The molecule has 0 bridgehead atoms. The maximum atomic E-state index is 5.99. The van der Waals surface area contributed by atoms with Crippen LogP contribution < -0.4 is 9.47 Å². The van der Waals surface area contributed by atoms with E-state index in [4.69, 9.17) is 32.7 Å². The maximum absolute atomic E-state index is 5.99. The minimum Gasteiger partial charge on any atom is -0.493 e. The molecule has 4 aromatic rings. The van der Waals surface area contributed by atoms with Gasteiger partial charge in [-0.25, -0.2) is 4.98 Å². The van der Waals surface area contributed by atoms with Crippen molar-refractivity contribution in [3.8, 4) is 22.8 Å². The van der Waals surface area contributed by atoms with E-state index in [0.717, 1.165) is 29.1 Å². The predicted octanol–water partition coefficient (Wildman–Crippen LogP) is 5.55. The molecule has 2 aromatic heterocycles. The van der Waals surface area contributed by atoms with Gasteiger partial charge in [0.05, 0.1) is 35.1 Å². The largest absolute Gasteiger partial charge is 0.493 e. The van der Waals surface area contributed by atoms with Gasteiger partial charge in [0.25, 0.3) is 0 Å². The van der Waals surface area contributed by atoms with Crippen LogP contribution in [0.1, 0.15) is 6.42 Å². The Kier molecular flexibility index (Phi) is 5.65. The number of para-hydroxylation sites is 1. The summed E-state index contributed by atoms with van der Waals surface area (Å²) in [6, 6.07) is 13.1. The Morgan fingerprint density at radius 1 is 0.964 bits per heavy atom. The van der Waals surface area contributed by atoms with Crippen molar-refractivity contribution in [3.63, 3.8) is 0 Å². The molecule has 28 heavy (non-hydrogen) atoms. The number of imidazole rings is 1. The van der Waals surface area contributed by atoms with Gasteiger partial charge < -0.3 is 13.9 Å². The van der Waals surface area contributed by atoms with Crippen LogP contribution in [0.2, 0.25) is 10.0 Å². The van der Waals surface area contributed by atoms with Gasteiger partial charge >= 0.3 is 0 Å². The van der Waals surface area contributed by atoms with E-state index in [1.807, 2.05) is 41.1 Å². The van der Waals surface area contributed by atoms with Gasteiger partial charge in [0, 0.05) is 36.6 Å². The van der Waals surface area contributed by atoms with Crippen LogP contribution in [0.5, 0.6) is 11.5 Å². The van der Waals surface area contributed by atoms with E-state index in [0.29, 0.717) is 29.0 Å². The third kappa shape index (κ3) is 4.21. The third-order valence-electron chi connectivity index (χ3n) is 4.13. The van der Waals surface area contributed by atoms with Crippen molar-refractivity contribution in [2.75, 3.05) is 13.2 Å². The summed E-state index contributed by atoms with van der Waals surface area (Å²) in [5, 5.41) is 0.990. The molecule has 5 nitrogen and oxygen atoms in total. The molecule has 142 valence electrons. The fraction of sp³-hybridized carbons (Fsp3) is 0.143. The molecule has 0 spiro atoms. The first-order valence-corrected chi connectivity index (χ1v) is 9.55. The third-order valence-corrected chi connectivity index (χ3v) is 4.87. The van der Waals surface area contributed by atoms with E-state index in [9.17, 15) is 0 Å². The van der Waals surface area contributed by atoms with Gasteiger partial charge in [0.15, 0.2) is 5.65 Å². The Labute approximate surface area is 172 Å². The number of benzene rings is 2. The van der Waals surface area contributed by atoms with Crippen LogP contribution in [0.25, 0.3) is 16.9 Å². The number of hydrogen-bond acceptors (Lipinski definition) is 4. The second-order valence-electron chi connectivity index (χ2n) is 6.09. The first-order valence-electron chi connectivity index (χ1n) is 8.79. The summed E-state index contributed by atoms with van der Waals surface area (Å²) >= 11 is 11.9. The highest BCUT2D eigenvalue weighted by molar-refractivity contribution is 6.42. The average Bonchev–Trinajstić information content (AvgIpc) is 3.15. The van der Waals surface area contributed by atoms with Crippen LogP contribution in [0.4, 0.5) is 0 Å². The Morgan fingerprint density at radius 3 is 2.68 bits per heavy atom. The maximum Gasteiger partial charge on any atom is 0.155 e. The first-order chi connectivity index (χ1) is 13.7. The van der Waals surface area contributed by atoms with Crippen molar-refractivity contribution < 1.29 is 9.47 Å². The minimum absolute atomic E-state index is 0.479. The molecule has 4 rings (SSSR count). The van der Waals surface area contributed by atoms with E-state index in [-0.39, 0.29) is 0 Å². The minimum atomic E-state index is 0.479. The average molecular weight is 414 g/mol. The predicted molar refractivity (Wildman–Crippen MR) is 110 cm³/mol. The number of ether oxygens (including phenoxy) is 2. The van der Waals surface area contributed by atoms with Gasteiger partial charge in [-0.15, -0.1) is 0 Å². The number of nitrogens with zero attached hydrogens (tertiary/aromatic N) is 3. The molecule has 0 unspecified atom stereocenters. The van der Waals surface area contributed by atoms with Gasteiger partial charge in [0.2, 0.25) is 0 Å². The molecular weight excluding hydrogens is 397 g/mol. The van der Waals surface area contributed by atoms with Crippen LogP contribution >= 0.6 is 23.2 Å². The van der Waals surface area contributed by atoms with Crippen LogP contribution in [0.15, 0.2) is 67.3 Å². The highest BCUT2D eigenvalue weighted by Crippen LogP contribution is 2.29. The van der Waals surface area contributed by atoms with Gasteiger partial charge in [-0.2, -0.15) is 0 Å². The zero-order valence-corrected chi connectivity index (χ0v) is 16.4. The van der Waals surface area contributed by atoms with Crippen molar-refractivity contribution in [1.29, 1.82) is 0 Å². The second-order valence-corrected chi connectivity index (χ2v) is 6.90. The molecular formula is C21H17Cl2N3O2. The lowest BCUT2D eigenvalue weighted by Crippen LogP contribution is -2.05. The van der Waals surface area contributed by atoms with Crippen molar-refractivity contribution in [2.24, 2.45) is 0 Å². The molecule has 0 amide bonds. The lowest BCUT2D eigenvalue weighted by Gasteiger charge is -2.11. The molecule has 0 atom stereocenters. The number of hydrogen-bond donors (Lipinski definition) is 0. The summed E-state index contributed by atoms with van der Waals surface area (Å²) in [6.45, 7) is 1.04. The van der Waals surface area contributed by atoms with Gasteiger partial charge in [-0.3, -0.25) is 4.98 Å². The summed E-state index contributed by atoms with van der Waals surface area (Å²) in [6.07, 6.45) is 8.02. The molecule has 2 heterocycles. The number of rotatable bonds is 7. The van der Waals surface area contributed by atoms with Gasteiger partial charge in [-0.1, -0.05) is 35.3 Å². The normalized spacial score (nSPS) is 10.9. The van der Waals surface area contributed by atoms with E-state index in [1.54, 1.807) is 30.6 Å². The zero-order chi connectivity index (χ0) is 19.3. The highest BCUT2D eigenvalue weighted by Gasteiger charge is 2.10. The Morgan fingerprint density at radius 2 is 1.82 bits per heavy atom. The molecule has 7 heteroatoms. The molecule has 0 N–H and O–H groups in total. The number of fused-ring (bicyclic) bond motifs is 1. The first kappa shape index (κ1) is 18.6. The summed E-state index contributed by atoms with van der Waals surface area (Å²) < 4.78 is 13.6. The lowest BCUT2D eigenvalue weighted by atomic mass is 10.1. The smallest absolute Gasteiger partial charge is 0.155 e. The molecule has 2 aromatic carbocycles. The quantitative estimate of drug-likeness (QED) is 0.372. The molecule has 0 aliphatic carbocycles. The Balaban J connectivity index is 1.37. The fourth-order valence-electron chi connectivity index (χ4n) is 2.77. The van der Waals surface area contributed by atoms with Crippen LogP contribution in [0, 0.1) is 0 Å². The van der Waals surface area contributed by atoms with E-state index < -0.39 is 0 Å². The molecule has 0 aliphatic rings. The fourth-order valence-corrected chi connectivity index (χ4v) is 3.06. The number of aromatic nitrogens is 3. The Bertz CT molecular complexity index is 1060. The summed E-state index contributed by atoms with van der Waals surface area (Å²) in [5.41, 5.74) is 2.58. The van der Waals surface area contributed by atoms with Crippen molar-refractivity contribution in [1.82, 2.24) is 14.4 Å². The highest BCUT2D eigenvalue weighted by atomic mass is 35.5. The van der Waals surface area contributed by atoms with Crippen molar-refractivity contribution in [3.05, 3.63) is 77.3 Å². The zero-order valence-electron chi connectivity index (χ0n) is 14.9. The van der Waals surface area contributed by atoms with E-state index in [2.05, 4.69) is 9.97 Å². The summed E-state index contributed by atoms with van der Waals surface area (Å²) in [7, 11) is 0. The molecule has 0 aliphatic heterocycles. The standard InChI is InChI=1S/C21H17Cl2N3O2/c22-17-7-6-15(12-18(17)23)27-10-3-11-28-20-5-2-1-4-16(20)19-14-26-9-8-24-13-21(26)25-19/h1-2,4-9,12-14H,3,10-11H2. The van der Waals surface area contributed by atoms with Crippen LogP contribution in [0.3, 0.4) is 0 Å². The SMILES string of the molecule is Clc1ccc(OCCCOc2ccccc2-c2cn3ccncc3n2)cc1Cl. The Hall–Kier alpha value is -2.76. The number of halogens is 2. The van der Waals surface area contributed by atoms with Crippen LogP contribution in [-0.2, 0) is 0 Å². The molecule has 0 saturated carbocycles. The van der Waals surface area contributed by atoms with Gasteiger partial charge in [0.1, 0.15) is 11.5 Å². The van der Waals surface area contributed by atoms with Crippen molar-refractivity contribution in [2.45, 2.75) is 6.42 Å². The van der Waals surface area contributed by atoms with Crippen LogP contribution in [-0.4, -0.2) is 27.6 Å². The van der Waals surface area contributed by atoms with Crippen molar-refractivity contribution >= 4 is 28.8 Å². The summed E-state index contributed by atoms with van der Waals surface area (Å²) in [5.74, 6) is 1.47. The van der Waals surface area contributed by atoms with Gasteiger partial charge in [-0.05, 0) is 24.3 Å². The second kappa shape index (κ2) is 8.50. The lowest BCUT2D eigenvalue weighted by molar-refractivity contribution is 0.248. The molecule has 0 radical (unpaired) electrons. The summed E-state index contributed by atoms with van der Waals surface area (Å²) in [4.78, 5) is 8.72. The van der Waals surface area contributed by atoms with E-state index >= 15 is 0 Å². The topological polar surface area (TPSA) is 48.7 Å². The van der Waals surface area contributed by atoms with E-state index in [1.165, 1.54) is 0 Å². The monoisotopic (exact) mass is 413 g/mol.